The summed E-state index contributed by atoms with van der Waals surface area (Å²) in [6, 6.07) is 8.81. The van der Waals surface area contributed by atoms with Crippen LogP contribution in [0.4, 0.5) is 0 Å². The van der Waals surface area contributed by atoms with E-state index in [1.807, 2.05) is 23.2 Å². The van der Waals surface area contributed by atoms with Gasteiger partial charge in [0.1, 0.15) is 0 Å². The van der Waals surface area contributed by atoms with Gasteiger partial charge < -0.3 is 19.9 Å². The second kappa shape index (κ2) is 11.7. The van der Waals surface area contributed by atoms with Crippen molar-refractivity contribution in [1.29, 1.82) is 0 Å². The van der Waals surface area contributed by atoms with E-state index in [0.717, 1.165) is 57.5 Å². The van der Waals surface area contributed by atoms with E-state index in [9.17, 15) is 0 Å². The Morgan fingerprint density at radius 1 is 1.20 bits per heavy atom. The SMILES string of the molecule is CCNC(=NCc1ccccc1-n1ccnc1)NCC(CC(C)C)N1CCOCC1. The fourth-order valence-corrected chi connectivity index (χ4v) is 3.87. The van der Waals surface area contributed by atoms with Crippen LogP contribution in [0.15, 0.2) is 48.0 Å². The molecular weight excluding hydrogens is 376 g/mol. The summed E-state index contributed by atoms with van der Waals surface area (Å²) < 4.78 is 7.57. The van der Waals surface area contributed by atoms with Crippen molar-refractivity contribution in [2.75, 3.05) is 39.4 Å². The monoisotopic (exact) mass is 412 g/mol. The molecule has 1 unspecified atom stereocenters. The fourth-order valence-electron chi connectivity index (χ4n) is 3.87. The molecule has 3 rings (SSSR count). The van der Waals surface area contributed by atoms with Crippen LogP contribution in [0.25, 0.3) is 5.69 Å². The van der Waals surface area contributed by atoms with Gasteiger partial charge in [-0.1, -0.05) is 32.0 Å². The summed E-state index contributed by atoms with van der Waals surface area (Å²) in [6.45, 7) is 12.7. The number of nitrogens with one attached hydrogen (secondary N) is 2. The maximum absolute atomic E-state index is 5.54. The van der Waals surface area contributed by atoms with Crippen LogP contribution < -0.4 is 10.6 Å². The van der Waals surface area contributed by atoms with Crippen molar-refractivity contribution in [3.63, 3.8) is 0 Å². The Labute approximate surface area is 180 Å². The average Bonchev–Trinajstić information content (AvgIpc) is 3.30. The van der Waals surface area contributed by atoms with Crippen molar-refractivity contribution in [1.82, 2.24) is 25.1 Å². The minimum absolute atomic E-state index is 0.482. The Bertz CT molecular complexity index is 768. The molecule has 0 saturated carbocycles. The van der Waals surface area contributed by atoms with E-state index >= 15 is 0 Å². The number of nitrogens with zero attached hydrogens (tertiary/aromatic N) is 4. The third-order valence-electron chi connectivity index (χ3n) is 5.34. The summed E-state index contributed by atoms with van der Waals surface area (Å²) in [4.78, 5) is 11.6. The highest BCUT2D eigenvalue weighted by molar-refractivity contribution is 5.79. The Morgan fingerprint density at radius 3 is 2.70 bits per heavy atom. The van der Waals surface area contributed by atoms with Gasteiger partial charge in [-0.15, -0.1) is 0 Å². The number of rotatable bonds is 9. The maximum atomic E-state index is 5.54. The van der Waals surface area contributed by atoms with Gasteiger partial charge in [-0.05, 0) is 30.9 Å². The number of benzene rings is 1. The number of imidazole rings is 1. The molecule has 164 valence electrons. The normalized spacial score (nSPS) is 16.6. The summed E-state index contributed by atoms with van der Waals surface area (Å²) in [5, 5.41) is 6.98. The topological polar surface area (TPSA) is 66.7 Å². The first kappa shape index (κ1) is 22.3. The van der Waals surface area contributed by atoms with E-state index in [2.05, 4.69) is 59.5 Å². The molecule has 1 aromatic heterocycles. The molecule has 7 nitrogen and oxygen atoms in total. The lowest BCUT2D eigenvalue weighted by Gasteiger charge is -2.35. The number of para-hydroxylation sites is 1. The number of morpholine rings is 1. The molecule has 0 spiro atoms. The van der Waals surface area contributed by atoms with Crippen LogP contribution in [0.1, 0.15) is 32.8 Å². The lowest BCUT2D eigenvalue weighted by molar-refractivity contribution is 0.0132. The van der Waals surface area contributed by atoms with Crippen molar-refractivity contribution >= 4 is 5.96 Å². The van der Waals surface area contributed by atoms with Crippen LogP contribution >= 0.6 is 0 Å². The quantitative estimate of drug-likeness (QED) is 0.490. The third-order valence-corrected chi connectivity index (χ3v) is 5.34. The Balaban J connectivity index is 1.67. The second-order valence-corrected chi connectivity index (χ2v) is 8.11. The van der Waals surface area contributed by atoms with Crippen LogP contribution in [0.2, 0.25) is 0 Å². The highest BCUT2D eigenvalue weighted by Gasteiger charge is 2.22. The summed E-state index contributed by atoms with van der Waals surface area (Å²) in [7, 11) is 0. The van der Waals surface area contributed by atoms with Gasteiger partial charge in [0.15, 0.2) is 5.96 Å². The van der Waals surface area contributed by atoms with E-state index in [4.69, 9.17) is 9.73 Å². The molecule has 0 aliphatic carbocycles. The van der Waals surface area contributed by atoms with Crippen molar-refractivity contribution in [3.05, 3.63) is 48.5 Å². The zero-order valence-electron chi connectivity index (χ0n) is 18.6. The van der Waals surface area contributed by atoms with Gasteiger partial charge >= 0.3 is 0 Å². The third kappa shape index (κ3) is 6.57. The Kier molecular flexibility index (Phi) is 8.71. The molecule has 2 heterocycles. The predicted molar refractivity (Wildman–Crippen MR) is 122 cm³/mol. The molecule has 1 fully saturated rings. The fraction of sp³-hybridized carbons (Fsp3) is 0.565. The first-order valence-corrected chi connectivity index (χ1v) is 11.1. The zero-order valence-corrected chi connectivity index (χ0v) is 18.6. The molecule has 1 saturated heterocycles. The molecule has 1 aliphatic rings. The van der Waals surface area contributed by atoms with Gasteiger partial charge in [0.2, 0.25) is 0 Å². The summed E-state index contributed by atoms with van der Waals surface area (Å²) >= 11 is 0. The zero-order chi connectivity index (χ0) is 21.2. The standard InChI is InChI=1S/C23H36N6O/c1-4-25-23(27-17-21(15-19(2)3)28-11-13-30-14-12-28)26-16-20-7-5-6-8-22(20)29-10-9-24-18-29/h5-10,18-19,21H,4,11-17H2,1-3H3,(H2,25,26,27). The molecule has 1 aliphatic heterocycles. The highest BCUT2D eigenvalue weighted by Crippen LogP contribution is 2.15. The molecule has 1 atom stereocenters. The van der Waals surface area contributed by atoms with E-state index in [0.29, 0.717) is 18.5 Å². The average molecular weight is 413 g/mol. The summed E-state index contributed by atoms with van der Waals surface area (Å²) in [5.74, 6) is 1.51. The summed E-state index contributed by atoms with van der Waals surface area (Å²) in [6.07, 6.45) is 6.75. The number of aliphatic imine (C=N–C) groups is 1. The lowest BCUT2D eigenvalue weighted by Crippen LogP contribution is -2.51. The lowest BCUT2D eigenvalue weighted by atomic mass is 10.0. The first-order valence-electron chi connectivity index (χ1n) is 11.1. The minimum atomic E-state index is 0.482. The van der Waals surface area contributed by atoms with Crippen LogP contribution in [0.5, 0.6) is 0 Å². The Morgan fingerprint density at radius 2 is 2.00 bits per heavy atom. The summed E-state index contributed by atoms with van der Waals surface area (Å²) in [5.41, 5.74) is 2.28. The van der Waals surface area contributed by atoms with Crippen LogP contribution in [0.3, 0.4) is 0 Å². The highest BCUT2D eigenvalue weighted by atomic mass is 16.5. The molecular formula is C23H36N6O. The van der Waals surface area contributed by atoms with Crippen molar-refractivity contribution in [2.45, 2.75) is 39.8 Å². The Hall–Kier alpha value is -2.38. The number of ether oxygens (including phenoxy) is 1. The van der Waals surface area contributed by atoms with Gasteiger partial charge in [0.25, 0.3) is 0 Å². The second-order valence-electron chi connectivity index (χ2n) is 8.11. The van der Waals surface area contributed by atoms with Gasteiger partial charge in [0.05, 0.1) is 31.8 Å². The predicted octanol–water partition coefficient (Wildman–Crippen LogP) is 2.67. The molecule has 1 aromatic carbocycles. The number of guanidine groups is 1. The molecule has 2 N–H and O–H groups in total. The molecule has 2 aromatic rings. The molecule has 30 heavy (non-hydrogen) atoms. The number of hydrogen-bond acceptors (Lipinski definition) is 4. The molecule has 0 bridgehead atoms. The van der Waals surface area contributed by atoms with Crippen molar-refractivity contribution in [2.24, 2.45) is 10.9 Å². The van der Waals surface area contributed by atoms with E-state index in [1.54, 1.807) is 6.20 Å². The van der Waals surface area contributed by atoms with Crippen LogP contribution in [-0.4, -0.2) is 65.8 Å². The largest absolute Gasteiger partial charge is 0.379 e. The van der Waals surface area contributed by atoms with Gasteiger partial charge in [-0.25, -0.2) is 9.98 Å². The van der Waals surface area contributed by atoms with Crippen LogP contribution in [0, 0.1) is 5.92 Å². The van der Waals surface area contributed by atoms with Crippen molar-refractivity contribution < 1.29 is 4.74 Å². The first-order chi connectivity index (χ1) is 14.7. The maximum Gasteiger partial charge on any atom is 0.191 e. The van der Waals surface area contributed by atoms with E-state index in [1.165, 1.54) is 5.56 Å². The molecule has 0 amide bonds. The van der Waals surface area contributed by atoms with Crippen molar-refractivity contribution in [3.8, 4) is 5.69 Å². The van der Waals surface area contributed by atoms with Gasteiger partial charge in [-0.2, -0.15) is 0 Å². The van der Waals surface area contributed by atoms with Gasteiger partial charge in [-0.3, -0.25) is 4.90 Å². The van der Waals surface area contributed by atoms with E-state index in [-0.39, 0.29) is 0 Å². The molecule has 7 heteroatoms. The van der Waals surface area contributed by atoms with Gasteiger partial charge in [0, 0.05) is 44.6 Å². The number of hydrogen-bond donors (Lipinski definition) is 2. The van der Waals surface area contributed by atoms with E-state index < -0.39 is 0 Å². The molecule has 0 radical (unpaired) electrons. The minimum Gasteiger partial charge on any atom is -0.379 e. The van der Waals surface area contributed by atoms with Crippen LogP contribution in [-0.2, 0) is 11.3 Å². The smallest absolute Gasteiger partial charge is 0.191 e. The number of aromatic nitrogens is 2.